The topological polar surface area (TPSA) is 81.9 Å². The van der Waals surface area contributed by atoms with Crippen molar-refractivity contribution in [2.75, 3.05) is 12.4 Å². The molecule has 1 aromatic carbocycles. The van der Waals surface area contributed by atoms with Crippen LogP contribution in [-0.2, 0) is 16.6 Å². The fourth-order valence-corrected chi connectivity index (χ4v) is 3.65. The number of imidazole rings is 1. The van der Waals surface area contributed by atoms with Crippen LogP contribution < -0.4 is 5.32 Å². The van der Waals surface area contributed by atoms with Crippen LogP contribution in [0, 0.1) is 5.92 Å². The second-order valence-corrected chi connectivity index (χ2v) is 7.06. The van der Waals surface area contributed by atoms with E-state index in [1.807, 2.05) is 36.0 Å². The molecule has 1 amide bonds. The molecule has 1 aliphatic carbocycles. The quantitative estimate of drug-likeness (QED) is 0.768. The van der Waals surface area contributed by atoms with Gasteiger partial charge in [0.05, 0.1) is 29.8 Å². The number of aryl methyl sites for hydroxylation is 1. The number of anilines is 1. The lowest BCUT2D eigenvalue weighted by Gasteiger charge is -2.26. The Labute approximate surface area is 157 Å². The highest BCUT2D eigenvalue weighted by atomic mass is 16.5. The van der Waals surface area contributed by atoms with E-state index >= 15 is 0 Å². The number of hydrogen-bond acceptors (Lipinski definition) is 5. The molecule has 0 atom stereocenters. The number of fused-ring (bicyclic) bond motifs is 1. The van der Waals surface area contributed by atoms with E-state index in [9.17, 15) is 4.79 Å². The highest BCUT2D eigenvalue weighted by Crippen LogP contribution is 2.27. The largest absolute Gasteiger partial charge is 0.381 e. The van der Waals surface area contributed by atoms with Crippen LogP contribution in [0.15, 0.2) is 36.9 Å². The van der Waals surface area contributed by atoms with E-state index < -0.39 is 0 Å². The zero-order chi connectivity index (χ0) is 18.8. The van der Waals surface area contributed by atoms with E-state index in [1.54, 1.807) is 19.6 Å². The number of benzene rings is 1. The Morgan fingerprint density at radius 1 is 1.22 bits per heavy atom. The standard InChI is InChI=1S/C20H23N5O2/c1-25-12-21-11-18(25)14-3-4-15-10-22-20(23-17(15)9-14)24-19(26)13-5-7-16(27-2)8-6-13/h3-4,9-13,16H,5-8H2,1-2H3,(H,22,23,24,26). The predicted octanol–water partition coefficient (Wildman–Crippen LogP) is 3.17. The summed E-state index contributed by atoms with van der Waals surface area (Å²) < 4.78 is 7.33. The molecule has 7 nitrogen and oxygen atoms in total. The van der Waals surface area contributed by atoms with Gasteiger partial charge in [-0.1, -0.05) is 12.1 Å². The summed E-state index contributed by atoms with van der Waals surface area (Å²) in [7, 11) is 3.68. The first-order chi connectivity index (χ1) is 13.1. The summed E-state index contributed by atoms with van der Waals surface area (Å²) in [6.45, 7) is 0. The fourth-order valence-electron chi connectivity index (χ4n) is 3.65. The molecule has 2 aromatic heterocycles. The number of hydrogen-bond donors (Lipinski definition) is 1. The molecule has 1 aliphatic rings. The third-order valence-electron chi connectivity index (χ3n) is 5.31. The van der Waals surface area contributed by atoms with Gasteiger partial charge in [0.25, 0.3) is 0 Å². The number of aromatic nitrogens is 4. The minimum atomic E-state index is -0.00769. The van der Waals surface area contributed by atoms with E-state index in [1.165, 1.54) is 0 Å². The van der Waals surface area contributed by atoms with Crippen LogP contribution in [0.5, 0.6) is 0 Å². The van der Waals surface area contributed by atoms with Gasteiger partial charge < -0.3 is 9.30 Å². The van der Waals surface area contributed by atoms with Gasteiger partial charge in [-0.2, -0.15) is 0 Å². The normalized spacial score (nSPS) is 19.9. The van der Waals surface area contributed by atoms with Crippen molar-refractivity contribution in [3.8, 4) is 11.3 Å². The molecule has 0 radical (unpaired) electrons. The van der Waals surface area contributed by atoms with Crippen molar-refractivity contribution in [3.05, 3.63) is 36.9 Å². The van der Waals surface area contributed by atoms with Gasteiger partial charge in [0, 0.05) is 37.2 Å². The summed E-state index contributed by atoms with van der Waals surface area (Å²) in [5, 5.41) is 3.81. The van der Waals surface area contributed by atoms with Crippen LogP contribution in [-0.4, -0.2) is 38.6 Å². The number of nitrogens with one attached hydrogen (secondary N) is 1. The number of rotatable bonds is 4. The summed E-state index contributed by atoms with van der Waals surface area (Å²) in [6, 6.07) is 6.00. The first-order valence-electron chi connectivity index (χ1n) is 9.21. The van der Waals surface area contributed by atoms with Gasteiger partial charge in [0.2, 0.25) is 11.9 Å². The molecule has 4 rings (SSSR count). The van der Waals surface area contributed by atoms with E-state index in [0.29, 0.717) is 5.95 Å². The number of ether oxygens (including phenoxy) is 1. The van der Waals surface area contributed by atoms with Crippen molar-refractivity contribution in [1.82, 2.24) is 19.5 Å². The van der Waals surface area contributed by atoms with Gasteiger partial charge in [-0.05, 0) is 31.7 Å². The second kappa shape index (κ2) is 7.44. The maximum atomic E-state index is 12.6. The van der Waals surface area contributed by atoms with Crippen LogP contribution in [0.2, 0.25) is 0 Å². The lowest BCUT2D eigenvalue weighted by Crippen LogP contribution is -2.30. The van der Waals surface area contributed by atoms with Crippen molar-refractivity contribution in [2.45, 2.75) is 31.8 Å². The van der Waals surface area contributed by atoms with Crippen LogP contribution in [0.3, 0.4) is 0 Å². The van der Waals surface area contributed by atoms with Gasteiger partial charge in [0.15, 0.2) is 0 Å². The summed E-state index contributed by atoms with van der Waals surface area (Å²) in [6.07, 6.45) is 9.11. The van der Waals surface area contributed by atoms with Gasteiger partial charge in [-0.3, -0.25) is 10.1 Å². The maximum absolute atomic E-state index is 12.6. The predicted molar refractivity (Wildman–Crippen MR) is 103 cm³/mol. The monoisotopic (exact) mass is 365 g/mol. The summed E-state index contributed by atoms with van der Waals surface area (Å²) in [5.74, 6) is 0.340. The summed E-state index contributed by atoms with van der Waals surface area (Å²) in [5.41, 5.74) is 2.83. The Balaban J connectivity index is 1.52. The first-order valence-corrected chi connectivity index (χ1v) is 9.21. The van der Waals surface area contributed by atoms with E-state index in [-0.39, 0.29) is 17.9 Å². The number of amides is 1. The number of carbonyl (C=O) groups is 1. The average molecular weight is 365 g/mol. The third kappa shape index (κ3) is 3.68. The molecule has 140 valence electrons. The SMILES string of the molecule is COC1CCC(C(=O)Nc2ncc3ccc(-c4cncn4C)cc3n2)CC1. The summed E-state index contributed by atoms with van der Waals surface area (Å²) in [4.78, 5) is 25.6. The highest BCUT2D eigenvalue weighted by molar-refractivity contribution is 5.92. The zero-order valence-electron chi connectivity index (χ0n) is 15.6. The Morgan fingerprint density at radius 3 is 2.74 bits per heavy atom. The molecular formula is C20H23N5O2. The molecular weight excluding hydrogens is 342 g/mol. The van der Waals surface area contributed by atoms with Gasteiger partial charge in [-0.15, -0.1) is 0 Å². The minimum absolute atomic E-state index is 0.00326. The van der Waals surface area contributed by atoms with Crippen molar-refractivity contribution in [2.24, 2.45) is 13.0 Å². The molecule has 27 heavy (non-hydrogen) atoms. The number of methoxy groups -OCH3 is 1. The Kier molecular flexibility index (Phi) is 4.85. The Morgan fingerprint density at radius 2 is 2.04 bits per heavy atom. The molecule has 2 heterocycles. The van der Waals surface area contributed by atoms with Crippen molar-refractivity contribution >= 4 is 22.8 Å². The van der Waals surface area contributed by atoms with Crippen molar-refractivity contribution in [1.29, 1.82) is 0 Å². The molecule has 1 fully saturated rings. The molecule has 0 saturated heterocycles. The van der Waals surface area contributed by atoms with E-state index in [2.05, 4.69) is 20.3 Å². The molecule has 1 N–H and O–H groups in total. The van der Waals surface area contributed by atoms with E-state index in [4.69, 9.17) is 4.74 Å². The maximum Gasteiger partial charge on any atom is 0.229 e. The number of nitrogens with zero attached hydrogens (tertiary/aromatic N) is 4. The lowest BCUT2D eigenvalue weighted by molar-refractivity contribution is -0.121. The summed E-state index contributed by atoms with van der Waals surface area (Å²) >= 11 is 0. The van der Waals surface area contributed by atoms with Crippen LogP contribution >= 0.6 is 0 Å². The molecule has 0 bridgehead atoms. The Hall–Kier alpha value is -2.80. The van der Waals surface area contributed by atoms with Crippen molar-refractivity contribution in [3.63, 3.8) is 0 Å². The lowest BCUT2D eigenvalue weighted by atomic mass is 9.87. The van der Waals surface area contributed by atoms with Gasteiger partial charge in [-0.25, -0.2) is 15.0 Å². The Bertz CT molecular complexity index is 960. The minimum Gasteiger partial charge on any atom is -0.381 e. The molecule has 3 aromatic rings. The molecule has 0 unspecified atom stereocenters. The highest BCUT2D eigenvalue weighted by Gasteiger charge is 2.26. The van der Waals surface area contributed by atoms with Crippen LogP contribution in [0.1, 0.15) is 25.7 Å². The first kappa shape index (κ1) is 17.6. The molecule has 7 heteroatoms. The fraction of sp³-hybridized carbons (Fsp3) is 0.400. The van der Waals surface area contributed by atoms with Crippen LogP contribution in [0.4, 0.5) is 5.95 Å². The van der Waals surface area contributed by atoms with Crippen molar-refractivity contribution < 1.29 is 9.53 Å². The zero-order valence-corrected chi connectivity index (χ0v) is 15.6. The smallest absolute Gasteiger partial charge is 0.229 e. The number of carbonyl (C=O) groups excluding carboxylic acids is 1. The second-order valence-electron chi connectivity index (χ2n) is 7.06. The van der Waals surface area contributed by atoms with Crippen LogP contribution in [0.25, 0.3) is 22.2 Å². The molecule has 0 spiro atoms. The third-order valence-corrected chi connectivity index (χ3v) is 5.31. The van der Waals surface area contributed by atoms with Gasteiger partial charge >= 0.3 is 0 Å². The van der Waals surface area contributed by atoms with E-state index in [0.717, 1.165) is 47.8 Å². The average Bonchev–Trinajstić information content (AvgIpc) is 3.13. The molecule has 1 saturated carbocycles. The molecule has 0 aliphatic heterocycles. The van der Waals surface area contributed by atoms with Gasteiger partial charge in [0.1, 0.15) is 0 Å².